The molecule has 0 atom stereocenters. The number of rotatable bonds is 2. The summed E-state index contributed by atoms with van der Waals surface area (Å²) in [6, 6.07) is 6.17. The third kappa shape index (κ3) is 2.36. The predicted molar refractivity (Wildman–Crippen MR) is 73.3 cm³/mol. The molecule has 1 aliphatic rings. The number of anilines is 2. The third-order valence-corrected chi connectivity index (χ3v) is 3.35. The number of nitrogens with zero attached hydrogens (tertiary/aromatic N) is 3. The molecule has 5 heteroatoms. The number of nitrogens with two attached hydrogens (primary N) is 1. The van der Waals surface area contributed by atoms with Gasteiger partial charge in [-0.15, -0.1) is 0 Å². The topological polar surface area (TPSA) is 55.0 Å². The van der Waals surface area contributed by atoms with Crippen molar-refractivity contribution in [3.8, 4) is 11.1 Å². The monoisotopic (exact) mass is 258 g/mol. The van der Waals surface area contributed by atoms with E-state index in [9.17, 15) is 4.39 Å². The quantitative estimate of drug-likeness (QED) is 0.899. The summed E-state index contributed by atoms with van der Waals surface area (Å²) >= 11 is 0. The molecule has 1 saturated heterocycles. The second-order valence-electron chi connectivity index (χ2n) is 4.67. The summed E-state index contributed by atoms with van der Waals surface area (Å²) in [5.41, 5.74) is 7.55. The normalized spacial score (nSPS) is 14.9. The van der Waals surface area contributed by atoms with Crippen molar-refractivity contribution in [3.63, 3.8) is 0 Å². The number of benzene rings is 1. The zero-order valence-corrected chi connectivity index (χ0v) is 10.5. The molecule has 0 unspecified atom stereocenters. The van der Waals surface area contributed by atoms with Crippen LogP contribution in [0, 0.1) is 5.82 Å². The molecule has 0 aliphatic carbocycles. The van der Waals surface area contributed by atoms with Gasteiger partial charge in [-0.1, -0.05) is 12.1 Å². The van der Waals surface area contributed by atoms with E-state index in [1.54, 1.807) is 18.3 Å². The molecule has 1 aromatic carbocycles. The van der Waals surface area contributed by atoms with Crippen LogP contribution in [0.2, 0.25) is 0 Å². The summed E-state index contributed by atoms with van der Waals surface area (Å²) in [7, 11) is 0. The van der Waals surface area contributed by atoms with Crippen LogP contribution >= 0.6 is 0 Å². The fraction of sp³-hybridized carbons (Fsp3) is 0.286. The lowest BCUT2D eigenvalue weighted by molar-refractivity contribution is 0.628. The molecular formula is C14H15FN4. The molecule has 0 bridgehead atoms. The first kappa shape index (κ1) is 11.9. The Hall–Kier alpha value is -2.17. The highest BCUT2D eigenvalue weighted by atomic mass is 19.1. The molecule has 2 aromatic rings. The summed E-state index contributed by atoms with van der Waals surface area (Å²) in [6.45, 7) is 1.96. The second kappa shape index (κ2) is 4.84. The average molecular weight is 258 g/mol. The largest absolute Gasteiger partial charge is 0.383 e. The SMILES string of the molecule is Nc1nc(N2CCCC2)ncc1-c1ccc(F)cc1. The van der Waals surface area contributed by atoms with Gasteiger partial charge >= 0.3 is 0 Å². The van der Waals surface area contributed by atoms with E-state index in [1.807, 2.05) is 0 Å². The van der Waals surface area contributed by atoms with E-state index < -0.39 is 0 Å². The standard InChI is InChI=1S/C14H15FN4/c15-11-5-3-10(4-6-11)12-9-17-14(18-13(12)16)19-7-1-2-8-19/h3-6,9H,1-2,7-8H2,(H2,16,17,18). The van der Waals surface area contributed by atoms with Gasteiger partial charge in [-0.05, 0) is 30.5 Å². The molecule has 0 saturated carbocycles. The van der Waals surface area contributed by atoms with Gasteiger partial charge in [0.25, 0.3) is 0 Å². The minimum Gasteiger partial charge on any atom is -0.383 e. The Kier molecular flexibility index (Phi) is 3.03. The van der Waals surface area contributed by atoms with Crippen LogP contribution in [0.25, 0.3) is 11.1 Å². The van der Waals surface area contributed by atoms with E-state index >= 15 is 0 Å². The van der Waals surface area contributed by atoms with Gasteiger partial charge in [0.1, 0.15) is 11.6 Å². The van der Waals surface area contributed by atoms with Gasteiger partial charge in [0.2, 0.25) is 5.95 Å². The summed E-state index contributed by atoms with van der Waals surface area (Å²) in [5.74, 6) is 0.848. The number of aromatic nitrogens is 2. The lowest BCUT2D eigenvalue weighted by atomic mass is 10.1. The molecule has 3 rings (SSSR count). The van der Waals surface area contributed by atoms with E-state index in [-0.39, 0.29) is 5.82 Å². The van der Waals surface area contributed by atoms with E-state index in [4.69, 9.17) is 5.73 Å². The molecule has 0 radical (unpaired) electrons. The Morgan fingerprint density at radius 1 is 1.11 bits per heavy atom. The zero-order chi connectivity index (χ0) is 13.2. The van der Waals surface area contributed by atoms with Gasteiger partial charge in [-0.25, -0.2) is 9.37 Å². The maximum absolute atomic E-state index is 12.9. The molecule has 1 aliphatic heterocycles. The highest BCUT2D eigenvalue weighted by Crippen LogP contribution is 2.26. The minimum atomic E-state index is -0.267. The van der Waals surface area contributed by atoms with Crippen LogP contribution in [0.5, 0.6) is 0 Å². The van der Waals surface area contributed by atoms with Crippen molar-refractivity contribution < 1.29 is 4.39 Å². The molecule has 1 fully saturated rings. The Morgan fingerprint density at radius 2 is 1.79 bits per heavy atom. The summed E-state index contributed by atoms with van der Waals surface area (Å²) < 4.78 is 12.9. The van der Waals surface area contributed by atoms with Gasteiger partial charge < -0.3 is 10.6 Å². The molecule has 0 spiro atoms. The maximum Gasteiger partial charge on any atom is 0.227 e. The fourth-order valence-corrected chi connectivity index (χ4v) is 2.31. The van der Waals surface area contributed by atoms with Gasteiger partial charge in [0.15, 0.2) is 0 Å². The van der Waals surface area contributed by atoms with Crippen molar-refractivity contribution in [3.05, 3.63) is 36.3 Å². The average Bonchev–Trinajstić information content (AvgIpc) is 2.94. The minimum absolute atomic E-state index is 0.267. The van der Waals surface area contributed by atoms with Crippen molar-refractivity contribution in [2.75, 3.05) is 23.7 Å². The number of hydrogen-bond donors (Lipinski definition) is 1. The molecule has 1 aromatic heterocycles. The van der Waals surface area contributed by atoms with Crippen molar-refractivity contribution in [2.24, 2.45) is 0 Å². The van der Waals surface area contributed by atoms with E-state index in [1.165, 1.54) is 25.0 Å². The van der Waals surface area contributed by atoms with Gasteiger partial charge in [0.05, 0.1) is 0 Å². The van der Waals surface area contributed by atoms with Crippen LogP contribution in [-0.2, 0) is 0 Å². The summed E-state index contributed by atoms with van der Waals surface area (Å²) in [5, 5.41) is 0. The molecular weight excluding hydrogens is 243 g/mol. The van der Waals surface area contributed by atoms with Crippen LogP contribution in [-0.4, -0.2) is 23.1 Å². The van der Waals surface area contributed by atoms with Crippen molar-refractivity contribution in [2.45, 2.75) is 12.8 Å². The molecule has 0 amide bonds. The van der Waals surface area contributed by atoms with Gasteiger partial charge in [-0.3, -0.25) is 0 Å². The highest BCUT2D eigenvalue weighted by molar-refractivity contribution is 5.73. The molecule has 19 heavy (non-hydrogen) atoms. The van der Waals surface area contributed by atoms with E-state index in [0.717, 1.165) is 24.2 Å². The maximum atomic E-state index is 12.9. The number of halogens is 1. The molecule has 4 nitrogen and oxygen atoms in total. The first-order valence-corrected chi connectivity index (χ1v) is 6.37. The second-order valence-corrected chi connectivity index (χ2v) is 4.67. The summed E-state index contributed by atoms with van der Waals surface area (Å²) in [4.78, 5) is 10.8. The van der Waals surface area contributed by atoms with Crippen LogP contribution in [0.1, 0.15) is 12.8 Å². The molecule has 2 N–H and O–H groups in total. The summed E-state index contributed by atoms with van der Waals surface area (Å²) in [6.07, 6.45) is 4.05. The zero-order valence-electron chi connectivity index (χ0n) is 10.5. The Bertz CT molecular complexity index is 576. The van der Waals surface area contributed by atoms with E-state index in [2.05, 4.69) is 14.9 Å². The van der Waals surface area contributed by atoms with Crippen LogP contribution < -0.4 is 10.6 Å². The third-order valence-electron chi connectivity index (χ3n) is 3.35. The van der Waals surface area contributed by atoms with Gasteiger partial charge in [0, 0.05) is 24.8 Å². The van der Waals surface area contributed by atoms with Gasteiger partial charge in [-0.2, -0.15) is 4.98 Å². The first-order chi connectivity index (χ1) is 9.24. The van der Waals surface area contributed by atoms with Crippen LogP contribution in [0.15, 0.2) is 30.5 Å². The fourth-order valence-electron chi connectivity index (χ4n) is 2.31. The predicted octanol–water partition coefficient (Wildman–Crippen LogP) is 2.47. The lowest BCUT2D eigenvalue weighted by Gasteiger charge is -2.16. The lowest BCUT2D eigenvalue weighted by Crippen LogP contribution is -2.20. The molecule has 98 valence electrons. The Labute approximate surface area is 111 Å². The van der Waals surface area contributed by atoms with E-state index in [0.29, 0.717) is 11.8 Å². The van der Waals surface area contributed by atoms with Crippen molar-refractivity contribution >= 4 is 11.8 Å². The van der Waals surface area contributed by atoms with Crippen molar-refractivity contribution in [1.29, 1.82) is 0 Å². The van der Waals surface area contributed by atoms with Crippen molar-refractivity contribution in [1.82, 2.24) is 9.97 Å². The number of nitrogen functional groups attached to an aromatic ring is 1. The number of hydrogen-bond acceptors (Lipinski definition) is 4. The highest BCUT2D eigenvalue weighted by Gasteiger charge is 2.16. The van der Waals surface area contributed by atoms with Crippen LogP contribution in [0.4, 0.5) is 16.2 Å². The molecule has 2 heterocycles. The van der Waals surface area contributed by atoms with Crippen LogP contribution in [0.3, 0.4) is 0 Å². The first-order valence-electron chi connectivity index (χ1n) is 6.37. The Morgan fingerprint density at radius 3 is 2.42 bits per heavy atom. The Balaban J connectivity index is 1.93. The smallest absolute Gasteiger partial charge is 0.227 e.